The third-order valence-corrected chi connectivity index (χ3v) is 3.76. The van der Waals surface area contributed by atoms with Crippen molar-refractivity contribution in [1.29, 1.82) is 0 Å². The second-order valence-electron chi connectivity index (χ2n) is 5.29. The summed E-state index contributed by atoms with van der Waals surface area (Å²) in [7, 11) is 2.95. The van der Waals surface area contributed by atoms with Crippen LogP contribution in [0.25, 0.3) is 0 Å². The standard InChI is InChI=1S/C17H16N2O7/c1-23-10-3-4-12(14(7-10)24-2)18-17(20)11-8-15-16(26-6-5-25-15)9-13(11)19(21)22/h3-4,7-9H,5-6H2,1-2H3,(H,18,20). The first-order valence-electron chi connectivity index (χ1n) is 7.65. The number of nitro groups is 1. The van der Waals surface area contributed by atoms with Gasteiger partial charge in [-0.25, -0.2) is 0 Å². The van der Waals surface area contributed by atoms with E-state index < -0.39 is 10.8 Å². The van der Waals surface area contributed by atoms with Gasteiger partial charge in [-0.3, -0.25) is 14.9 Å². The average molecular weight is 360 g/mol. The van der Waals surface area contributed by atoms with E-state index in [4.69, 9.17) is 18.9 Å². The predicted octanol–water partition coefficient (Wildman–Crippen LogP) is 2.64. The molecule has 2 aromatic carbocycles. The molecule has 9 nitrogen and oxygen atoms in total. The number of carbonyl (C=O) groups excluding carboxylic acids is 1. The van der Waals surface area contributed by atoms with Gasteiger partial charge in [0, 0.05) is 12.1 Å². The molecule has 0 saturated carbocycles. The van der Waals surface area contributed by atoms with Crippen LogP contribution >= 0.6 is 0 Å². The van der Waals surface area contributed by atoms with Gasteiger partial charge >= 0.3 is 0 Å². The smallest absolute Gasteiger partial charge is 0.286 e. The molecule has 0 fully saturated rings. The van der Waals surface area contributed by atoms with Crippen molar-refractivity contribution in [3.05, 3.63) is 46.0 Å². The summed E-state index contributed by atoms with van der Waals surface area (Å²) >= 11 is 0. The van der Waals surface area contributed by atoms with Crippen LogP contribution in [0.2, 0.25) is 0 Å². The maximum atomic E-state index is 12.6. The molecule has 0 radical (unpaired) electrons. The van der Waals surface area contributed by atoms with Gasteiger partial charge < -0.3 is 24.3 Å². The summed E-state index contributed by atoms with van der Waals surface area (Å²) in [6.07, 6.45) is 0. The lowest BCUT2D eigenvalue weighted by atomic mass is 10.1. The normalized spacial score (nSPS) is 12.2. The van der Waals surface area contributed by atoms with Crippen molar-refractivity contribution >= 4 is 17.3 Å². The largest absolute Gasteiger partial charge is 0.497 e. The molecule has 136 valence electrons. The lowest BCUT2D eigenvalue weighted by Gasteiger charge is -2.19. The molecule has 0 unspecified atom stereocenters. The highest BCUT2D eigenvalue weighted by atomic mass is 16.6. The molecule has 1 heterocycles. The third kappa shape index (κ3) is 3.32. The topological polar surface area (TPSA) is 109 Å². The second kappa shape index (κ2) is 7.18. The summed E-state index contributed by atoms with van der Waals surface area (Å²) in [4.78, 5) is 23.4. The van der Waals surface area contributed by atoms with Crippen LogP contribution in [-0.4, -0.2) is 38.3 Å². The summed E-state index contributed by atoms with van der Waals surface area (Å²) in [5.74, 6) is 0.760. The zero-order valence-electron chi connectivity index (χ0n) is 14.1. The highest BCUT2D eigenvalue weighted by Gasteiger charge is 2.27. The summed E-state index contributed by atoms with van der Waals surface area (Å²) in [5.41, 5.74) is -0.168. The van der Waals surface area contributed by atoms with E-state index in [-0.39, 0.29) is 22.7 Å². The maximum Gasteiger partial charge on any atom is 0.286 e. The summed E-state index contributed by atoms with van der Waals surface area (Å²) in [5, 5.41) is 14.0. The Bertz CT molecular complexity index is 866. The van der Waals surface area contributed by atoms with Crippen molar-refractivity contribution in [3.8, 4) is 23.0 Å². The fourth-order valence-corrected chi connectivity index (χ4v) is 2.50. The van der Waals surface area contributed by atoms with E-state index in [2.05, 4.69) is 5.32 Å². The molecule has 9 heteroatoms. The van der Waals surface area contributed by atoms with Gasteiger partial charge in [-0.1, -0.05) is 0 Å². The molecular formula is C17H16N2O7. The van der Waals surface area contributed by atoms with Crippen LogP contribution in [0.15, 0.2) is 30.3 Å². The first kappa shape index (κ1) is 17.3. The Kier molecular flexibility index (Phi) is 4.78. The maximum absolute atomic E-state index is 12.6. The lowest BCUT2D eigenvalue weighted by molar-refractivity contribution is -0.385. The van der Waals surface area contributed by atoms with Crippen LogP contribution in [0, 0.1) is 10.1 Å². The van der Waals surface area contributed by atoms with Crippen molar-refractivity contribution in [2.24, 2.45) is 0 Å². The van der Waals surface area contributed by atoms with Crippen molar-refractivity contribution < 1.29 is 28.7 Å². The quantitative estimate of drug-likeness (QED) is 0.645. The van der Waals surface area contributed by atoms with Crippen LogP contribution in [-0.2, 0) is 0 Å². The van der Waals surface area contributed by atoms with Gasteiger partial charge in [-0.15, -0.1) is 0 Å². The fraction of sp³-hybridized carbons (Fsp3) is 0.235. The number of methoxy groups -OCH3 is 2. The van der Waals surface area contributed by atoms with E-state index in [0.717, 1.165) is 0 Å². The molecule has 1 aliphatic rings. The van der Waals surface area contributed by atoms with Crippen LogP contribution in [0.5, 0.6) is 23.0 Å². The minimum absolute atomic E-state index is 0.142. The summed E-state index contributed by atoms with van der Waals surface area (Å²) < 4.78 is 21.1. The van der Waals surface area contributed by atoms with E-state index in [1.807, 2.05) is 0 Å². The number of benzene rings is 2. The number of fused-ring (bicyclic) bond motifs is 1. The minimum atomic E-state index is -0.669. The third-order valence-electron chi connectivity index (χ3n) is 3.76. The van der Waals surface area contributed by atoms with Crippen LogP contribution < -0.4 is 24.3 Å². The van der Waals surface area contributed by atoms with E-state index >= 15 is 0 Å². The van der Waals surface area contributed by atoms with E-state index in [9.17, 15) is 14.9 Å². The van der Waals surface area contributed by atoms with Gasteiger partial charge in [0.1, 0.15) is 30.3 Å². The van der Waals surface area contributed by atoms with Crippen molar-refractivity contribution in [1.82, 2.24) is 0 Å². The van der Waals surface area contributed by atoms with Gasteiger partial charge in [-0.05, 0) is 12.1 Å². The molecule has 0 saturated heterocycles. The van der Waals surface area contributed by atoms with Crippen molar-refractivity contribution in [3.63, 3.8) is 0 Å². The highest BCUT2D eigenvalue weighted by molar-refractivity contribution is 6.08. The van der Waals surface area contributed by atoms with Crippen molar-refractivity contribution in [2.75, 3.05) is 32.8 Å². The molecule has 0 atom stereocenters. The Hall–Kier alpha value is -3.49. The Morgan fingerprint density at radius 2 is 1.81 bits per heavy atom. The number of amides is 1. The number of rotatable bonds is 5. The number of nitrogens with zero attached hydrogens (tertiary/aromatic N) is 1. The molecule has 3 rings (SSSR count). The van der Waals surface area contributed by atoms with Crippen LogP contribution in [0.3, 0.4) is 0 Å². The number of hydrogen-bond donors (Lipinski definition) is 1. The predicted molar refractivity (Wildman–Crippen MR) is 91.6 cm³/mol. The average Bonchev–Trinajstić information content (AvgIpc) is 2.67. The summed E-state index contributed by atoms with van der Waals surface area (Å²) in [6.45, 7) is 0.594. The Balaban J connectivity index is 1.96. The highest BCUT2D eigenvalue weighted by Crippen LogP contribution is 2.37. The number of hydrogen-bond acceptors (Lipinski definition) is 7. The Morgan fingerprint density at radius 3 is 2.42 bits per heavy atom. The molecule has 0 bridgehead atoms. The lowest BCUT2D eigenvalue weighted by Crippen LogP contribution is -2.19. The number of ether oxygens (including phenoxy) is 4. The zero-order chi connectivity index (χ0) is 18.7. The van der Waals surface area contributed by atoms with E-state index in [1.54, 1.807) is 18.2 Å². The van der Waals surface area contributed by atoms with E-state index in [0.29, 0.717) is 30.4 Å². The van der Waals surface area contributed by atoms with Crippen LogP contribution in [0.4, 0.5) is 11.4 Å². The second-order valence-corrected chi connectivity index (χ2v) is 5.29. The molecule has 2 aromatic rings. The number of nitrogens with one attached hydrogen (secondary N) is 1. The van der Waals surface area contributed by atoms with Gasteiger partial charge in [0.15, 0.2) is 11.5 Å². The van der Waals surface area contributed by atoms with Gasteiger partial charge in [0.2, 0.25) is 0 Å². The molecule has 0 spiro atoms. The van der Waals surface area contributed by atoms with Gasteiger partial charge in [-0.2, -0.15) is 0 Å². The van der Waals surface area contributed by atoms with Crippen LogP contribution in [0.1, 0.15) is 10.4 Å². The molecule has 0 aliphatic carbocycles. The zero-order valence-corrected chi connectivity index (χ0v) is 14.1. The van der Waals surface area contributed by atoms with Gasteiger partial charge in [0.05, 0.1) is 30.9 Å². The first-order valence-corrected chi connectivity index (χ1v) is 7.65. The van der Waals surface area contributed by atoms with Gasteiger partial charge in [0.25, 0.3) is 11.6 Å². The molecular weight excluding hydrogens is 344 g/mol. The monoisotopic (exact) mass is 360 g/mol. The number of anilines is 1. The number of nitro benzene ring substituents is 1. The Labute approximate surface area is 148 Å². The molecule has 1 N–H and O–H groups in total. The molecule has 26 heavy (non-hydrogen) atoms. The summed E-state index contributed by atoms with van der Waals surface area (Å²) in [6, 6.07) is 7.30. The molecule has 0 aromatic heterocycles. The molecule has 1 aliphatic heterocycles. The number of carbonyl (C=O) groups is 1. The molecule has 1 amide bonds. The van der Waals surface area contributed by atoms with Crippen molar-refractivity contribution in [2.45, 2.75) is 0 Å². The van der Waals surface area contributed by atoms with E-state index in [1.165, 1.54) is 26.4 Å². The Morgan fingerprint density at radius 1 is 1.12 bits per heavy atom. The first-order chi connectivity index (χ1) is 12.5. The minimum Gasteiger partial charge on any atom is -0.497 e. The fourth-order valence-electron chi connectivity index (χ4n) is 2.50. The SMILES string of the molecule is COc1ccc(NC(=O)c2cc3c(cc2[N+](=O)[O-])OCCO3)c(OC)c1.